The minimum Gasteiger partial charge on any atom is -0.455 e. The molecule has 12 rings (SSSR count). The van der Waals surface area contributed by atoms with Gasteiger partial charge in [-0.1, -0.05) is 170 Å². The summed E-state index contributed by atoms with van der Waals surface area (Å²) in [4.78, 5) is 2.31. The zero-order valence-corrected chi connectivity index (χ0v) is 33.1. The predicted molar refractivity (Wildman–Crippen MR) is 255 cm³/mol. The largest absolute Gasteiger partial charge is 0.455 e. The average molecular weight is 780 g/mol. The Bertz CT molecular complexity index is 3560. The van der Waals surface area contributed by atoms with Crippen LogP contribution in [0.4, 0.5) is 17.1 Å². The van der Waals surface area contributed by atoms with Gasteiger partial charge in [0.1, 0.15) is 16.7 Å². The van der Waals surface area contributed by atoms with Gasteiger partial charge in [0, 0.05) is 38.5 Å². The molecule has 0 aliphatic rings. The molecule has 0 N–H and O–H groups in total. The van der Waals surface area contributed by atoms with Crippen molar-refractivity contribution >= 4 is 71.7 Å². The Labute approximate surface area is 353 Å². The van der Waals surface area contributed by atoms with Gasteiger partial charge in [-0.25, -0.2) is 0 Å². The van der Waals surface area contributed by atoms with Crippen LogP contribution in [0.1, 0.15) is 0 Å². The SMILES string of the molecule is c1ccc(-c2ccc3c(c2)oc2c(N(c4ccc(-c5ccc6c(c5)oc5c(-c7ccccc7)cccc56)cc4)c4ccc(-c5cccc6ccccc56)cc4)cccc23)cc1. The molecule has 12 aromatic rings. The predicted octanol–water partition coefficient (Wildman–Crippen LogP) is 16.8. The van der Waals surface area contributed by atoms with Crippen molar-refractivity contribution < 1.29 is 8.83 Å². The minimum absolute atomic E-state index is 0.843. The van der Waals surface area contributed by atoms with E-state index in [1.807, 2.05) is 12.1 Å². The maximum absolute atomic E-state index is 6.85. The van der Waals surface area contributed by atoms with Crippen molar-refractivity contribution in [3.8, 4) is 44.5 Å². The molecule has 2 aromatic heterocycles. The van der Waals surface area contributed by atoms with Gasteiger partial charge in [0.05, 0.1) is 5.69 Å². The topological polar surface area (TPSA) is 29.5 Å². The Hall–Kier alpha value is -8.14. The highest BCUT2D eigenvalue weighted by Crippen LogP contribution is 2.44. The van der Waals surface area contributed by atoms with Crippen molar-refractivity contribution in [3.05, 3.63) is 224 Å². The third kappa shape index (κ3) is 5.98. The van der Waals surface area contributed by atoms with E-state index >= 15 is 0 Å². The summed E-state index contributed by atoms with van der Waals surface area (Å²) in [5.41, 5.74) is 15.6. The zero-order chi connectivity index (χ0) is 40.3. The second kappa shape index (κ2) is 14.3. The Morgan fingerprint density at radius 3 is 1.43 bits per heavy atom. The van der Waals surface area contributed by atoms with Gasteiger partial charge in [-0.15, -0.1) is 0 Å². The lowest BCUT2D eigenvalue weighted by molar-refractivity contribution is 0.669. The van der Waals surface area contributed by atoms with E-state index in [9.17, 15) is 0 Å². The summed E-state index contributed by atoms with van der Waals surface area (Å²) in [6, 6.07) is 79.7. The van der Waals surface area contributed by atoms with Crippen molar-refractivity contribution in [1.82, 2.24) is 0 Å². The summed E-state index contributed by atoms with van der Waals surface area (Å²) in [5.74, 6) is 0. The molecule has 0 fully saturated rings. The fourth-order valence-corrected chi connectivity index (χ4v) is 9.09. The lowest BCUT2D eigenvalue weighted by atomic mass is 9.98. The molecule has 10 aromatic carbocycles. The molecule has 0 saturated carbocycles. The van der Waals surface area contributed by atoms with Crippen LogP contribution >= 0.6 is 0 Å². The number of hydrogen-bond donors (Lipinski definition) is 0. The number of nitrogens with zero attached hydrogens (tertiary/aromatic N) is 1. The molecule has 0 radical (unpaired) electrons. The van der Waals surface area contributed by atoms with Gasteiger partial charge >= 0.3 is 0 Å². The molecule has 0 unspecified atom stereocenters. The van der Waals surface area contributed by atoms with E-state index in [2.05, 4.69) is 217 Å². The van der Waals surface area contributed by atoms with Crippen LogP contribution in [-0.4, -0.2) is 0 Å². The molecule has 0 bridgehead atoms. The zero-order valence-electron chi connectivity index (χ0n) is 33.1. The monoisotopic (exact) mass is 779 g/mol. The van der Waals surface area contributed by atoms with E-state index in [4.69, 9.17) is 8.83 Å². The molecular weight excluding hydrogens is 743 g/mol. The van der Waals surface area contributed by atoms with Gasteiger partial charge in [0.15, 0.2) is 5.58 Å². The van der Waals surface area contributed by atoms with Crippen LogP contribution in [-0.2, 0) is 0 Å². The quantitative estimate of drug-likeness (QED) is 0.161. The van der Waals surface area contributed by atoms with Crippen LogP contribution in [0, 0.1) is 0 Å². The summed E-state index contributed by atoms with van der Waals surface area (Å²) < 4.78 is 13.5. The third-order valence-electron chi connectivity index (χ3n) is 12.1. The summed E-state index contributed by atoms with van der Waals surface area (Å²) in [6.45, 7) is 0. The van der Waals surface area contributed by atoms with Gasteiger partial charge in [-0.2, -0.15) is 0 Å². The summed E-state index contributed by atoms with van der Waals surface area (Å²) in [7, 11) is 0. The lowest BCUT2D eigenvalue weighted by Gasteiger charge is -2.26. The number of para-hydroxylation sites is 2. The van der Waals surface area contributed by atoms with E-state index < -0.39 is 0 Å². The van der Waals surface area contributed by atoms with Gasteiger partial charge in [-0.3, -0.25) is 0 Å². The van der Waals surface area contributed by atoms with Crippen LogP contribution in [0.3, 0.4) is 0 Å². The third-order valence-corrected chi connectivity index (χ3v) is 12.1. The molecule has 3 heteroatoms. The molecular formula is C58H37NO2. The highest BCUT2D eigenvalue weighted by atomic mass is 16.3. The molecule has 0 aliphatic heterocycles. The van der Waals surface area contributed by atoms with Crippen LogP contribution in [0.25, 0.3) is 99.2 Å². The summed E-state index contributed by atoms with van der Waals surface area (Å²) in [6.07, 6.45) is 0. The molecule has 0 atom stereocenters. The summed E-state index contributed by atoms with van der Waals surface area (Å²) >= 11 is 0. The first kappa shape index (κ1) is 34.9. The van der Waals surface area contributed by atoms with E-state index in [0.717, 1.165) is 94.3 Å². The van der Waals surface area contributed by atoms with Crippen LogP contribution in [0.15, 0.2) is 233 Å². The number of rotatable bonds is 7. The van der Waals surface area contributed by atoms with Crippen molar-refractivity contribution in [2.75, 3.05) is 4.90 Å². The van der Waals surface area contributed by atoms with E-state index in [0.29, 0.717) is 0 Å². The van der Waals surface area contributed by atoms with Gasteiger partial charge in [-0.05, 0) is 104 Å². The maximum Gasteiger partial charge on any atom is 0.159 e. The highest BCUT2D eigenvalue weighted by molar-refractivity contribution is 6.12. The van der Waals surface area contributed by atoms with Crippen molar-refractivity contribution in [3.63, 3.8) is 0 Å². The van der Waals surface area contributed by atoms with Crippen LogP contribution < -0.4 is 4.90 Å². The first-order chi connectivity index (χ1) is 30.2. The lowest BCUT2D eigenvalue weighted by Crippen LogP contribution is -2.10. The molecule has 2 heterocycles. The number of fused-ring (bicyclic) bond motifs is 7. The van der Waals surface area contributed by atoms with E-state index in [1.165, 1.54) is 21.9 Å². The molecule has 0 spiro atoms. The molecule has 3 nitrogen and oxygen atoms in total. The average Bonchev–Trinajstić information content (AvgIpc) is 3.91. The molecule has 286 valence electrons. The van der Waals surface area contributed by atoms with Crippen molar-refractivity contribution in [2.45, 2.75) is 0 Å². The van der Waals surface area contributed by atoms with E-state index in [-0.39, 0.29) is 0 Å². The molecule has 61 heavy (non-hydrogen) atoms. The molecule has 0 amide bonds. The Kier molecular flexibility index (Phi) is 8.17. The van der Waals surface area contributed by atoms with Gasteiger partial charge in [0.25, 0.3) is 0 Å². The Balaban J connectivity index is 0.968. The number of furan rings is 2. The molecule has 0 saturated heterocycles. The first-order valence-corrected chi connectivity index (χ1v) is 20.7. The standard InChI is InChI=1S/C58H37NO2/c1-3-12-38(13-4-1)43-28-35-51-53-22-11-23-54(58(53)61-56(51)36-43)59(46-32-26-42(27-33-46)48-19-9-17-40-16-7-8-18-47(40)48)45-30-24-39(25-31-45)44-29-34-50-52-21-10-20-49(41-14-5-2-6-15-41)57(52)60-55(50)37-44/h1-37H. The number of anilines is 3. The second-order valence-electron chi connectivity index (χ2n) is 15.7. The fraction of sp³-hybridized carbons (Fsp3) is 0. The Morgan fingerprint density at radius 1 is 0.279 bits per heavy atom. The summed E-state index contributed by atoms with van der Waals surface area (Å²) in [5, 5.41) is 6.88. The van der Waals surface area contributed by atoms with Crippen LogP contribution in [0.2, 0.25) is 0 Å². The van der Waals surface area contributed by atoms with Crippen molar-refractivity contribution in [1.29, 1.82) is 0 Å². The van der Waals surface area contributed by atoms with Crippen molar-refractivity contribution in [2.24, 2.45) is 0 Å². The molecule has 0 aliphatic carbocycles. The van der Waals surface area contributed by atoms with Gasteiger partial charge in [0.2, 0.25) is 0 Å². The van der Waals surface area contributed by atoms with Crippen LogP contribution in [0.5, 0.6) is 0 Å². The van der Waals surface area contributed by atoms with Gasteiger partial charge < -0.3 is 13.7 Å². The highest BCUT2D eigenvalue weighted by Gasteiger charge is 2.21. The smallest absolute Gasteiger partial charge is 0.159 e. The first-order valence-electron chi connectivity index (χ1n) is 20.7. The normalized spacial score (nSPS) is 11.6. The maximum atomic E-state index is 6.85. The second-order valence-corrected chi connectivity index (χ2v) is 15.7. The minimum atomic E-state index is 0.843. The van der Waals surface area contributed by atoms with E-state index in [1.54, 1.807) is 0 Å². The fourth-order valence-electron chi connectivity index (χ4n) is 9.09. The number of hydrogen-bond acceptors (Lipinski definition) is 3. The number of benzene rings is 10. The Morgan fingerprint density at radius 2 is 0.738 bits per heavy atom.